The van der Waals surface area contributed by atoms with Crippen LogP contribution in [0.1, 0.15) is 26.2 Å². The van der Waals surface area contributed by atoms with E-state index in [2.05, 4.69) is 0 Å². The number of aryl methyl sites for hydroxylation is 1. The van der Waals surface area contributed by atoms with Crippen LogP contribution in [0.5, 0.6) is 5.75 Å². The van der Waals surface area contributed by atoms with Gasteiger partial charge in [-0.3, -0.25) is 14.5 Å². The summed E-state index contributed by atoms with van der Waals surface area (Å²) >= 11 is 2.63. The van der Waals surface area contributed by atoms with Crippen molar-refractivity contribution in [1.82, 2.24) is 0 Å². The number of phenols is 1. The van der Waals surface area contributed by atoms with Gasteiger partial charge in [0.15, 0.2) is 5.76 Å². The van der Waals surface area contributed by atoms with E-state index >= 15 is 0 Å². The van der Waals surface area contributed by atoms with Crippen LogP contribution in [0.25, 0.3) is 0 Å². The van der Waals surface area contributed by atoms with Gasteiger partial charge < -0.3 is 10.2 Å². The maximum Gasteiger partial charge on any atom is 0.294 e. The fraction of sp³-hybridized carbons (Fsp3) is 0.100. The van der Waals surface area contributed by atoms with Gasteiger partial charge in [0.05, 0.1) is 16.1 Å². The van der Waals surface area contributed by atoms with Gasteiger partial charge in [0.25, 0.3) is 5.91 Å². The maximum atomic E-state index is 13.1. The summed E-state index contributed by atoms with van der Waals surface area (Å²) in [5, 5.41) is 24.5. The highest BCUT2D eigenvalue weighted by Crippen LogP contribution is 2.46. The number of hydrogen-bond donors (Lipinski definition) is 2. The van der Waals surface area contributed by atoms with Gasteiger partial charge in [-0.1, -0.05) is 18.2 Å². The molecule has 2 N–H and O–H groups in total. The molecule has 2 aromatic heterocycles. The van der Waals surface area contributed by atoms with Crippen LogP contribution in [0.2, 0.25) is 0 Å². The summed E-state index contributed by atoms with van der Waals surface area (Å²) in [6, 6.07) is 11.1. The topological polar surface area (TPSA) is 77.8 Å². The molecule has 0 fully saturated rings. The van der Waals surface area contributed by atoms with E-state index in [0.29, 0.717) is 4.88 Å². The molecule has 1 unspecified atom stereocenters. The second-order valence-corrected chi connectivity index (χ2v) is 8.08. The molecule has 1 aromatic carbocycles. The molecule has 0 radical (unpaired) electrons. The first-order chi connectivity index (χ1) is 13.0. The van der Waals surface area contributed by atoms with E-state index < -0.39 is 17.7 Å². The van der Waals surface area contributed by atoms with Crippen LogP contribution in [0.3, 0.4) is 0 Å². The summed E-state index contributed by atoms with van der Waals surface area (Å²) in [5.74, 6) is -1.75. The highest BCUT2D eigenvalue weighted by molar-refractivity contribution is 7.12. The van der Waals surface area contributed by atoms with Crippen molar-refractivity contribution in [3.8, 4) is 5.75 Å². The zero-order valence-corrected chi connectivity index (χ0v) is 15.9. The van der Waals surface area contributed by atoms with Gasteiger partial charge in [0, 0.05) is 4.88 Å². The Morgan fingerprint density at radius 2 is 1.81 bits per heavy atom. The molecule has 1 atom stereocenters. The predicted octanol–water partition coefficient (Wildman–Crippen LogP) is 4.61. The monoisotopic (exact) mass is 397 g/mol. The number of Topliss-reactive ketones (excluding diaryl/α,β-unsaturated/α-hetero) is 1. The highest BCUT2D eigenvalue weighted by Gasteiger charge is 2.46. The van der Waals surface area contributed by atoms with Gasteiger partial charge in [-0.25, -0.2) is 0 Å². The van der Waals surface area contributed by atoms with E-state index in [1.54, 1.807) is 29.6 Å². The Balaban J connectivity index is 1.90. The third-order valence-electron chi connectivity index (χ3n) is 4.40. The minimum atomic E-state index is -0.792. The van der Waals surface area contributed by atoms with Crippen molar-refractivity contribution in [1.29, 1.82) is 0 Å². The SMILES string of the molecule is Cc1ccc(O)c(N2C(=O)C(O)=C(C(=O)c3cccs3)C2c2cccs2)c1. The fourth-order valence-electron chi connectivity index (χ4n) is 3.17. The fourth-order valence-corrected chi connectivity index (χ4v) is 4.67. The lowest BCUT2D eigenvalue weighted by Gasteiger charge is -2.26. The number of aliphatic hydroxyl groups is 1. The molecule has 1 aliphatic rings. The van der Waals surface area contributed by atoms with E-state index in [-0.39, 0.29) is 22.8 Å². The molecule has 4 rings (SSSR count). The largest absolute Gasteiger partial charge is 0.506 e. The number of phenolic OH excluding ortho intramolecular Hbond substituents is 1. The number of aliphatic hydroxyl groups excluding tert-OH is 1. The van der Waals surface area contributed by atoms with Crippen molar-refractivity contribution >= 4 is 40.1 Å². The van der Waals surface area contributed by atoms with Gasteiger partial charge in [-0.05, 0) is 47.5 Å². The Morgan fingerprint density at radius 3 is 2.48 bits per heavy atom. The molecule has 7 heteroatoms. The summed E-state index contributed by atoms with van der Waals surface area (Å²) in [6.45, 7) is 1.84. The van der Waals surface area contributed by atoms with Gasteiger partial charge in [0.2, 0.25) is 5.78 Å². The van der Waals surface area contributed by atoms with Crippen LogP contribution in [0.15, 0.2) is 64.6 Å². The number of ketones is 1. The van der Waals surface area contributed by atoms with Gasteiger partial charge >= 0.3 is 0 Å². The molecule has 1 amide bonds. The number of rotatable bonds is 4. The molecule has 27 heavy (non-hydrogen) atoms. The third-order valence-corrected chi connectivity index (χ3v) is 6.19. The summed E-state index contributed by atoms with van der Waals surface area (Å²) in [4.78, 5) is 28.4. The number of amides is 1. The Kier molecular flexibility index (Phi) is 4.33. The summed E-state index contributed by atoms with van der Waals surface area (Å²) in [6.07, 6.45) is 0. The van der Waals surface area contributed by atoms with Crippen LogP contribution >= 0.6 is 22.7 Å². The van der Waals surface area contributed by atoms with Crippen molar-refractivity contribution < 1.29 is 19.8 Å². The minimum Gasteiger partial charge on any atom is -0.506 e. The van der Waals surface area contributed by atoms with Gasteiger partial charge in [-0.2, -0.15) is 0 Å². The Hall–Kier alpha value is -2.90. The molecular weight excluding hydrogens is 382 g/mol. The van der Waals surface area contributed by atoms with Crippen LogP contribution in [-0.2, 0) is 4.79 Å². The molecule has 1 aliphatic heterocycles. The van der Waals surface area contributed by atoms with Crippen molar-refractivity contribution in [2.24, 2.45) is 0 Å². The van der Waals surface area contributed by atoms with Crippen molar-refractivity contribution in [3.63, 3.8) is 0 Å². The van der Waals surface area contributed by atoms with E-state index in [9.17, 15) is 19.8 Å². The molecule has 3 heterocycles. The summed E-state index contributed by atoms with van der Waals surface area (Å²) in [5.41, 5.74) is 1.14. The Bertz CT molecular complexity index is 1050. The van der Waals surface area contributed by atoms with Crippen LogP contribution < -0.4 is 4.90 Å². The van der Waals surface area contributed by atoms with Crippen molar-refractivity contribution in [2.75, 3.05) is 4.90 Å². The van der Waals surface area contributed by atoms with E-state index in [4.69, 9.17) is 0 Å². The molecule has 5 nitrogen and oxygen atoms in total. The number of carbonyl (C=O) groups is 2. The molecule has 0 saturated carbocycles. The number of thiophene rings is 2. The first-order valence-corrected chi connectivity index (χ1v) is 9.93. The first-order valence-electron chi connectivity index (χ1n) is 8.17. The number of anilines is 1. The normalized spacial score (nSPS) is 17.0. The smallest absolute Gasteiger partial charge is 0.294 e. The zero-order chi connectivity index (χ0) is 19.1. The average molecular weight is 397 g/mol. The van der Waals surface area contributed by atoms with E-state index in [1.165, 1.54) is 33.6 Å². The lowest BCUT2D eigenvalue weighted by atomic mass is 10.0. The second kappa shape index (κ2) is 6.68. The maximum absolute atomic E-state index is 13.1. The standard InChI is InChI=1S/C20H15NO4S2/c1-11-6-7-13(22)12(10-11)21-17(14-4-2-8-26-14)16(19(24)20(21)25)18(23)15-5-3-9-27-15/h2-10,17,22,24H,1H3. The first kappa shape index (κ1) is 17.5. The number of carbonyl (C=O) groups excluding carboxylic acids is 2. The Morgan fingerprint density at radius 1 is 1.07 bits per heavy atom. The summed E-state index contributed by atoms with van der Waals surface area (Å²) < 4.78 is 0. The molecule has 136 valence electrons. The minimum absolute atomic E-state index is 0.0332. The highest BCUT2D eigenvalue weighted by atomic mass is 32.1. The van der Waals surface area contributed by atoms with Crippen molar-refractivity contribution in [2.45, 2.75) is 13.0 Å². The molecule has 0 aliphatic carbocycles. The second-order valence-electron chi connectivity index (χ2n) is 6.15. The Labute approximate surface area is 163 Å². The average Bonchev–Trinajstić information content (AvgIpc) is 3.39. The lowest BCUT2D eigenvalue weighted by Crippen LogP contribution is -2.30. The van der Waals surface area contributed by atoms with Crippen LogP contribution in [0.4, 0.5) is 5.69 Å². The number of aromatic hydroxyl groups is 1. The predicted molar refractivity (Wildman–Crippen MR) is 106 cm³/mol. The third kappa shape index (κ3) is 2.85. The van der Waals surface area contributed by atoms with Gasteiger partial charge in [-0.15, -0.1) is 22.7 Å². The quantitative estimate of drug-likeness (QED) is 0.631. The lowest BCUT2D eigenvalue weighted by molar-refractivity contribution is -0.117. The molecule has 3 aromatic rings. The number of hydrogen-bond acceptors (Lipinski definition) is 6. The zero-order valence-electron chi connectivity index (χ0n) is 14.2. The number of nitrogens with zero attached hydrogens (tertiary/aromatic N) is 1. The summed E-state index contributed by atoms with van der Waals surface area (Å²) in [7, 11) is 0. The van der Waals surface area contributed by atoms with Gasteiger partial charge in [0.1, 0.15) is 11.8 Å². The molecule has 0 spiro atoms. The van der Waals surface area contributed by atoms with Crippen LogP contribution in [0, 0.1) is 6.92 Å². The molecule has 0 saturated heterocycles. The van der Waals surface area contributed by atoms with E-state index in [0.717, 1.165) is 10.4 Å². The van der Waals surface area contributed by atoms with Crippen molar-refractivity contribution in [3.05, 3.63) is 79.9 Å². The molecule has 0 bridgehead atoms. The van der Waals surface area contributed by atoms with E-state index in [1.807, 2.05) is 24.4 Å². The molecular formula is C20H15NO4S2. The number of benzene rings is 1. The van der Waals surface area contributed by atoms with Crippen LogP contribution in [-0.4, -0.2) is 21.9 Å².